The van der Waals surface area contributed by atoms with Crippen LogP contribution in [0.25, 0.3) is 11.1 Å². The van der Waals surface area contributed by atoms with Crippen molar-refractivity contribution in [2.45, 2.75) is 46.0 Å². The summed E-state index contributed by atoms with van der Waals surface area (Å²) in [5.41, 5.74) is 7.36. The van der Waals surface area contributed by atoms with Crippen molar-refractivity contribution in [2.75, 3.05) is 13.1 Å². The van der Waals surface area contributed by atoms with Gasteiger partial charge in [-0.3, -0.25) is 9.59 Å². The summed E-state index contributed by atoms with van der Waals surface area (Å²) in [5.74, 6) is 0.333. The van der Waals surface area contributed by atoms with E-state index in [1.807, 2.05) is 49.4 Å². The molecular formula is C29H31NO2. The molecule has 3 aromatic carbocycles. The van der Waals surface area contributed by atoms with Gasteiger partial charge in [-0.25, -0.2) is 0 Å². The lowest BCUT2D eigenvalue weighted by atomic mass is 9.81. The van der Waals surface area contributed by atoms with E-state index in [1.165, 1.54) is 5.56 Å². The number of carbonyl (C=O) groups is 2. The van der Waals surface area contributed by atoms with Gasteiger partial charge in [0, 0.05) is 29.7 Å². The van der Waals surface area contributed by atoms with E-state index < -0.39 is 0 Å². The highest BCUT2D eigenvalue weighted by molar-refractivity contribution is 6.14. The molecule has 1 heterocycles. The molecule has 0 bridgehead atoms. The van der Waals surface area contributed by atoms with Crippen LogP contribution in [0.1, 0.15) is 75.1 Å². The Morgan fingerprint density at radius 3 is 2.41 bits per heavy atom. The minimum Gasteiger partial charge on any atom is -0.316 e. The number of ketones is 2. The second-order valence-electron chi connectivity index (χ2n) is 8.75. The van der Waals surface area contributed by atoms with Crippen molar-refractivity contribution in [3.63, 3.8) is 0 Å². The smallest absolute Gasteiger partial charge is 0.193 e. The first-order chi connectivity index (χ1) is 15.5. The number of carbonyl (C=O) groups excluding carboxylic acids is 2. The molecule has 0 spiro atoms. The topological polar surface area (TPSA) is 46.2 Å². The van der Waals surface area contributed by atoms with Gasteiger partial charge in [0.25, 0.3) is 0 Å². The van der Waals surface area contributed by atoms with E-state index in [-0.39, 0.29) is 17.5 Å². The molecule has 0 aromatic heterocycles. The summed E-state index contributed by atoms with van der Waals surface area (Å²) in [6.45, 7) is 7.97. The third kappa shape index (κ3) is 4.31. The summed E-state index contributed by atoms with van der Waals surface area (Å²) in [5, 5.41) is 3.48. The standard InChI is InChI=1S/C29H31NO2/c1-4-28(31)26-17-27(29(32)21-11-6-5-7-12-21)25(23-14-8-10-19(2)20(23)3)16-24(26)22-13-9-15-30-18-22/h5-8,10-12,14,16-17,22,30H,4,9,13,15,18H2,1-3H3. The highest BCUT2D eigenvalue weighted by Gasteiger charge is 2.26. The number of benzene rings is 3. The molecule has 1 unspecified atom stereocenters. The second kappa shape index (κ2) is 9.62. The van der Waals surface area contributed by atoms with Gasteiger partial charge in [0.05, 0.1) is 0 Å². The van der Waals surface area contributed by atoms with Crippen molar-refractivity contribution in [3.05, 3.63) is 94.0 Å². The van der Waals surface area contributed by atoms with Gasteiger partial charge in [0.2, 0.25) is 0 Å². The van der Waals surface area contributed by atoms with Gasteiger partial charge in [-0.1, -0.05) is 55.5 Å². The molecule has 3 heteroatoms. The number of aryl methyl sites for hydroxylation is 1. The zero-order valence-corrected chi connectivity index (χ0v) is 19.2. The Hall–Kier alpha value is -3.04. The van der Waals surface area contributed by atoms with Gasteiger partial charge in [-0.05, 0) is 79.1 Å². The van der Waals surface area contributed by atoms with Crippen molar-refractivity contribution in [3.8, 4) is 11.1 Å². The van der Waals surface area contributed by atoms with Crippen LogP contribution in [0.15, 0.2) is 60.7 Å². The average Bonchev–Trinajstić information content (AvgIpc) is 2.85. The van der Waals surface area contributed by atoms with E-state index in [9.17, 15) is 9.59 Å². The van der Waals surface area contributed by atoms with Crippen molar-refractivity contribution >= 4 is 11.6 Å². The first kappa shape index (κ1) is 22.2. The molecule has 164 valence electrons. The lowest BCUT2D eigenvalue weighted by Gasteiger charge is -2.27. The molecule has 0 aliphatic carbocycles. The predicted octanol–water partition coefficient (Wildman–Crippen LogP) is 6.26. The van der Waals surface area contributed by atoms with E-state index in [1.54, 1.807) is 0 Å². The van der Waals surface area contributed by atoms with Crippen LogP contribution in [0.2, 0.25) is 0 Å². The Kier molecular flexibility index (Phi) is 6.66. The normalized spacial score (nSPS) is 16.0. The molecule has 3 nitrogen and oxygen atoms in total. The first-order valence-corrected chi connectivity index (χ1v) is 11.6. The lowest BCUT2D eigenvalue weighted by molar-refractivity contribution is 0.0986. The maximum atomic E-state index is 13.7. The lowest BCUT2D eigenvalue weighted by Crippen LogP contribution is -2.29. The van der Waals surface area contributed by atoms with Crippen LogP contribution in [-0.4, -0.2) is 24.7 Å². The predicted molar refractivity (Wildman–Crippen MR) is 131 cm³/mol. The van der Waals surface area contributed by atoms with E-state index in [0.717, 1.165) is 48.2 Å². The van der Waals surface area contributed by atoms with Crippen LogP contribution in [0.5, 0.6) is 0 Å². The molecule has 0 amide bonds. The van der Waals surface area contributed by atoms with Crippen LogP contribution >= 0.6 is 0 Å². The van der Waals surface area contributed by atoms with Crippen LogP contribution in [0.4, 0.5) is 0 Å². The monoisotopic (exact) mass is 425 g/mol. The molecule has 1 saturated heterocycles. The number of nitrogens with one attached hydrogen (secondary N) is 1. The summed E-state index contributed by atoms with van der Waals surface area (Å²) in [4.78, 5) is 26.7. The summed E-state index contributed by atoms with van der Waals surface area (Å²) in [6, 6.07) is 19.6. The summed E-state index contributed by atoms with van der Waals surface area (Å²) >= 11 is 0. The maximum absolute atomic E-state index is 13.7. The van der Waals surface area contributed by atoms with Gasteiger partial charge < -0.3 is 5.32 Å². The Morgan fingerprint density at radius 1 is 0.938 bits per heavy atom. The highest BCUT2D eigenvalue weighted by Crippen LogP contribution is 2.37. The molecule has 4 rings (SSSR count). The van der Waals surface area contributed by atoms with Crippen LogP contribution in [-0.2, 0) is 0 Å². The fourth-order valence-electron chi connectivity index (χ4n) is 4.70. The fraction of sp³-hybridized carbons (Fsp3) is 0.310. The SMILES string of the molecule is CCC(=O)c1cc(C(=O)c2ccccc2)c(-c2cccc(C)c2C)cc1C1CCCNC1. The molecule has 1 aliphatic rings. The van der Waals surface area contributed by atoms with Crippen molar-refractivity contribution in [1.29, 1.82) is 0 Å². The largest absolute Gasteiger partial charge is 0.316 e. The number of hydrogen-bond acceptors (Lipinski definition) is 3. The number of hydrogen-bond donors (Lipinski definition) is 1. The molecule has 1 aliphatic heterocycles. The maximum Gasteiger partial charge on any atom is 0.193 e. The third-order valence-electron chi connectivity index (χ3n) is 6.72. The minimum absolute atomic E-state index is 0.0417. The Balaban J connectivity index is 1.99. The van der Waals surface area contributed by atoms with Gasteiger partial charge in [-0.2, -0.15) is 0 Å². The summed E-state index contributed by atoms with van der Waals surface area (Å²) in [7, 11) is 0. The Morgan fingerprint density at radius 2 is 1.72 bits per heavy atom. The molecular weight excluding hydrogens is 394 g/mol. The molecule has 32 heavy (non-hydrogen) atoms. The van der Waals surface area contributed by atoms with Crippen LogP contribution in [0.3, 0.4) is 0 Å². The second-order valence-corrected chi connectivity index (χ2v) is 8.75. The molecule has 3 aromatic rings. The van der Waals surface area contributed by atoms with Crippen LogP contribution < -0.4 is 5.32 Å². The van der Waals surface area contributed by atoms with E-state index >= 15 is 0 Å². The van der Waals surface area contributed by atoms with E-state index in [4.69, 9.17) is 0 Å². The summed E-state index contributed by atoms with van der Waals surface area (Å²) in [6.07, 6.45) is 2.57. The molecule has 0 radical (unpaired) electrons. The average molecular weight is 426 g/mol. The Bertz CT molecular complexity index is 1140. The molecule has 0 saturated carbocycles. The van der Waals surface area contributed by atoms with Crippen molar-refractivity contribution in [2.24, 2.45) is 0 Å². The van der Waals surface area contributed by atoms with E-state index in [0.29, 0.717) is 23.1 Å². The van der Waals surface area contributed by atoms with Gasteiger partial charge >= 0.3 is 0 Å². The third-order valence-corrected chi connectivity index (χ3v) is 6.72. The van der Waals surface area contributed by atoms with Gasteiger partial charge in [-0.15, -0.1) is 0 Å². The zero-order valence-electron chi connectivity index (χ0n) is 19.2. The molecule has 1 N–H and O–H groups in total. The number of Topliss-reactive ketones (excluding diaryl/α,β-unsaturated/α-hetero) is 1. The summed E-state index contributed by atoms with van der Waals surface area (Å²) < 4.78 is 0. The Labute approximate surface area is 190 Å². The zero-order chi connectivity index (χ0) is 22.7. The van der Waals surface area contributed by atoms with E-state index in [2.05, 4.69) is 37.4 Å². The number of piperidine rings is 1. The quantitative estimate of drug-likeness (QED) is 0.474. The molecule has 1 atom stereocenters. The van der Waals surface area contributed by atoms with Crippen LogP contribution in [0, 0.1) is 13.8 Å². The number of rotatable bonds is 6. The van der Waals surface area contributed by atoms with Crippen molar-refractivity contribution in [1.82, 2.24) is 5.32 Å². The van der Waals surface area contributed by atoms with Gasteiger partial charge in [0.1, 0.15) is 0 Å². The van der Waals surface area contributed by atoms with Gasteiger partial charge in [0.15, 0.2) is 11.6 Å². The first-order valence-electron chi connectivity index (χ1n) is 11.6. The highest BCUT2D eigenvalue weighted by atomic mass is 16.1. The van der Waals surface area contributed by atoms with Crippen molar-refractivity contribution < 1.29 is 9.59 Å². The minimum atomic E-state index is -0.0417. The fourth-order valence-corrected chi connectivity index (χ4v) is 4.70. The molecule has 1 fully saturated rings.